The molecule has 2 bridgehead atoms. The fourth-order valence-corrected chi connectivity index (χ4v) is 3.05. The van der Waals surface area contributed by atoms with E-state index in [-0.39, 0.29) is 11.8 Å². The van der Waals surface area contributed by atoms with E-state index >= 15 is 0 Å². The molecule has 72 valence electrons. The van der Waals surface area contributed by atoms with Gasteiger partial charge in [0.15, 0.2) is 0 Å². The Morgan fingerprint density at radius 3 is 2.46 bits per heavy atom. The highest BCUT2D eigenvalue weighted by atomic mass is 16.4. The number of fused-ring (bicyclic) bond motifs is 2. The Hall–Kier alpha value is -0.790. The lowest BCUT2D eigenvalue weighted by Gasteiger charge is -2.34. The first-order chi connectivity index (χ1) is 6.07. The maximum atomic E-state index is 11.3. The third-order valence-corrected chi connectivity index (χ3v) is 3.86. The van der Waals surface area contributed by atoms with Gasteiger partial charge >= 0.3 is 5.97 Å². The summed E-state index contributed by atoms with van der Waals surface area (Å²) in [6, 6.07) is 0. The van der Waals surface area contributed by atoms with Crippen molar-refractivity contribution >= 4 is 5.97 Å². The number of allylic oxidation sites excluding steroid dienone is 2. The normalized spacial score (nSPS) is 41.8. The Bertz CT molecular complexity index is 267. The molecule has 2 heteroatoms. The minimum Gasteiger partial charge on any atom is -0.481 e. The van der Waals surface area contributed by atoms with Crippen molar-refractivity contribution in [3.8, 4) is 0 Å². The zero-order chi connectivity index (χ0) is 9.64. The molecule has 0 aromatic heterocycles. The van der Waals surface area contributed by atoms with E-state index in [2.05, 4.69) is 12.2 Å². The molecule has 1 fully saturated rings. The molecule has 0 aromatic rings. The van der Waals surface area contributed by atoms with E-state index in [1.165, 1.54) is 0 Å². The standard InChI is InChI=1S/C11H16O2/c1-7(2)11(10(12)13)6-8-3-4-9(11)5-8/h3-4,7-9H,5-6H2,1-2H3,(H,12,13). The van der Waals surface area contributed by atoms with Gasteiger partial charge < -0.3 is 5.11 Å². The highest BCUT2D eigenvalue weighted by molar-refractivity contribution is 5.77. The van der Waals surface area contributed by atoms with E-state index in [9.17, 15) is 9.90 Å². The summed E-state index contributed by atoms with van der Waals surface area (Å²) < 4.78 is 0. The SMILES string of the molecule is CC(C)C1(C(=O)O)CC2C=CC1C2. The molecule has 1 saturated carbocycles. The summed E-state index contributed by atoms with van der Waals surface area (Å²) in [4.78, 5) is 11.3. The summed E-state index contributed by atoms with van der Waals surface area (Å²) in [6.07, 6.45) is 6.21. The average molecular weight is 180 g/mol. The molecule has 2 rings (SSSR count). The quantitative estimate of drug-likeness (QED) is 0.662. The van der Waals surface area contributed by atoms with E-state index in [1.54, 1.807) is 0 Å². The van der Waals surface area contributed by atoms with Gasteiger partial charge in [-0.15, -0.1) is 0 Å². The summed E-state index contributed by atoms with van der Waals surface area (Å²) in [5.74, 6) is 0.461. The molecule has 0 heterocycles. The summed E-state index contributed by atoms with van der Waals surface area (Å²) in [6.45, 7) is 4.06. The van der Waals surface area contributed by atoms with Crippen molar-refractivity contribution in [3.63, 3.8) is 0 Å². The molecular weight excluding hydrogens is 164 g/mol. The molecule has 0 aliphatic heterocycles. The van der Waals surface area contributed by atoms with E-state index < -0.39 is 11.4 Å². The number of aliphatic carboxylic acids is 1. The van der Waals surface area contributed by atoms with Crippen LogP contribution in [0.25, 0.3) is 0 Å². The summed E-state index contributed by atoms with van der Waals surface area (Å²) in [5, 5.41) is 9.32. The smallest absolute Gasteiger partial charge is 0.310 e. The molecule has 0 aromatic carbocycles. The molecule has 3 unspecified atom stereocenters. The summed E-state index contributed by atoms with van der Waals surface area (Å²) in [5.41, 5.74) is -0.459. The lowest BCUT2D eigenvalue weighted by Crippen LogP contribution is -2.39. The van der Waals surface area contributed by atoms with E-state index in [4.69, 9.17) is 0 Å². The van der Waals surface area contributed by atoms with Gasteiger partial charge in [-0.3, -0.25) is 4.79 Å². The maximum Gasteiger partial charge on any atom is 0.310 e. The first kappa shape index (κ1) is 8.79. The van der Waals surface area contributed by atoms with Gasteiger partial charge in [0.1, 0.15) is 0 Å². The molecule has 2 aliphatic rings. The Morgan fingerprint density at radius 1 is 1.54 bits per heavy atom. The van der Waals surface area contributed by atoms with Crippen LogP contribution in [0.4, 0.5) is 0 Å². The maximum absolute atomic E-state index is 11.3. The number of hydrogen-bond donors (Lipinski definition) is 1. The van der Waals surface area contributed by atoms with Crippen molar-refractivity contribution in [2.75, 3.05) is 0 Å². The van der Waals surface area contributed by atoms with Crippen LogP contribution in [0.1, 0.15) is 26.7 Å². The second-order valence-corrected chi connectivity index (χ2v) is 4.69. The van der Waals surface area contributed by atoms with Crippen LogP contribution in [0.5, 0.6) is 0 Å². The molecule has 0 saturated heterocycles. The van der Waals surface area contributed by atoms with Gasteiger partial charge in [0.05, 0.1) is 5.41 Å². The summed E-state index contributed by atoms with van der Waals surface area (Å²) >= 11 is 0. The van der Waals surface area contributed by atoms with E-state index in [0.717, 1.165) is 12.8 Å². The van der Waals surface area contributed by atoms with Crippen molar-refractivity contribution in [3.05, 3.63) is 12.2 Å². The molecule has 0 spiro atoms. The second kappa shape index (κ2) is 2.60. The highest BCUT2D eigenvalue weighted by Crippen LogP contribution is 2.55. The van der Waals surface area contributed by atoms with Crippen LogP contribution >= 0.6 is 0 Å². The van der Waals surface area contributed by atoms with Crippen molar-refractivity contribution in [2.45, 2.75) is 26.7 Å². The fourth-order valence-electron chi connectivity index (χ4n) is 3.05. The Kier molecular flexibility index (Phi) is 1.76. The first-order valence-electron chi connectivity index (χ1n) is 4.99. The molecule has 13 heavy (non-hydrogen) atoms. The number of hydrogen-bond acceptors (Lipinski definition) is 1. The van der Waals surface area contributed by atoms with Crippen LogP contribution in [0.2, 0.25) is 0 Å². The Balaban J connectivity index is 2.36. The van der Waals surface area contributed by atoms with E-state index in [0.29, 0.717) is 5.92 Å². The molecule has 0 radical (unpaired) electrons. The predicted molar refractivity (Wildman–Crippen MR) is 50.3 cm³/mol. The van der Waals surface area contributed by atoms with Gasteiger partial charge in [0, 0.05) is 0 Å². The largest absolute Gasteiger partial charge is 0.481 e. The lowest BCUT2D eigenvalue weighted by molar-refractivity contribution is -0.154. The van der Waals surface area contributed by atoms with Gasteiger partial charge in [-0.2, -0.15) is 0 Å². The van der Waals surface area contributed by atoms with Gasteiger partial charge in [-0.05, 0) is 30.6 Å². The van der Waals surface area contributed by atoms with Crippen LogP contribution in [0.3, 0.4) is 0 Å². The van der Waals surface area contributed by atoms with Crippen molar-refractivity contribution in [1.29, 1.82) is 0 Å². The number of carbonyl (C=O) groups is 1. The zero-order valence-corrected chi connectivity index (χ0v) is 8.16. The van der Waals surface area contributed by atoms with Gasteiger partial charge in [-0.25, -0.2) is 0 Å². The topological polar surface area (TPSA) is 37.3 Å². The van der Waals surface area contributed by atoms with Crippen LogP contribution in [-0.4, -0.2) is 11.1 Å². The number of carboxylic acid groups (broad SMARTS) is 1. The first-order valence-corrected chi connectivity index (χ1v) is 4.99. The van der Waals surface area contributed by atoms with E-state index in [1.807, 2.05) is 13.8 Å². The van der Waals surface area contributed by atoms with Crippen LogP contribution in [0.15, 0.2) is 12.2 Å². The van der Waals surface area contributed by atoms with Crippen molar-refractivity contribution in [2.24, 2.45) is 23.2 Å². The molecule has 2 nitrogen and oxygen atoms in total. The van der Waals surface area contributed by atoms with Gasteiger partial charge in [-0.1, -0.05) is 26.0 Å². The minimum atomic E-state index is -0.598. The Labute approximate surface area is 78.6 Å². The summed E-state index contributed by atoms with van der Waals surface area (Å²) in [7, 11) is 0. The molecule has 1 N–H and O–H groups in total. The molecular formula is C11H16O2. The fraction of sp³-hybridized carbons (Fsp3) is 0.727. The molecule has 0 amide bonds. The number of carboxylic acids is 1. The third-order valence-electron chi connectivity index (χ3n) is 3.86. The van der Waals surface area contributed by atoms with Crippen LogP contribution < -0.4 is 0 Å². The monoisotopic (exact) mass is 180 g/mol. The van der Waals surface area contributed by atoms with Crippen LogP contribution in [-0.2, 0) is 4.79 Å². The van der Waals surface area contributed by atoms with Gasteiger partial charge in [0.2, 0.25) is 0 Å². The highest BCUT2D eigenvalue weighted by Gasteiger charge is 2.55. The van der Waals surface area contributed by atoms with Crippen molar-refractivity contribution < 1.29 is 9.90 Å². The number of rotatable bonds is 2. The lowest BCUT2D eigenvalue weighted by atomic mass is 9.68. The third kappa shape index (κ3) is 0.976. The zero-order valence-electron chi connectivity index (χ0n) is 8.16. The predicted octanol–water partition coefficient (Wildman–Crippen LogP) is 2.31. The minimum absolute atomic E-state index is 0.241. The second-order valence-electron chi connectivity index (χ2n) is 4.69. The van der Waals surface area contributed by atoms with Crippen molar-refractivity contribution in [1.82, 2.24) is 0 Å². The Morgan fingerprint density at radius 2 is 2.23 bits per heavy atom. The van der Waals surface area contributed by atoms with Gasteiger partial charge in [0.25, 0.3) is 0 Å². The average Bonchev–Trinajstić information content (AvgIpc) is 2.61. The molecule has 2 aliphatic carbocycles. The van der Waals surface area contributed by atoms with Crippen LogP contribution in [0, 0.1) is 23.2 Å². The molecule has 3 atom stereocenters.